The number of alkyl halides is 5. The zero-order valence-corrected chi connectivity index (χ0v) is 17.6. The number of amides is 2. The first-order valence-electron chi connectivity index (χ1n) is 10.7. The summed E-state index contributed by atoms with van der Waals surface area (Å²) in [5.74, 6) is -9.40. The molecule has 2 saturated heterocycles. The normalized spacial score (nSPS) is 22.1. The van der Waals surface area contributed by atoms with E-state index in [1.807, 2.05) is 0 Å². The Hall–Kier alpha value is -1.94. The number of nitrogens with zero attached hydrogens (tertiary/aromatic N) is 2. The van der Waals surface area contributed by atoms with Gasteiger partial charge in [-0.15, -0.1) is 0 Å². The van der Waals surface area contributed by atoms with Gasteiger partial charge in [0.15, 0.2) is 0 Å². The van der Waals surface area contributed by atoms with Crippen molar-refractivity contribution in [3.8, 4) is 0 Å². The number of halogens is 5. The summed E-state index contributed by atoms with van der Waals surface area (Å²) in [5.41, 5.74) is 0. The molecule has 0 aliphatic carbocycles. The van der Waals surface area contributed by atoms with Gasteiger partial charge in [0.1, 0.15) is 12.1 Å². The average Bonchev–Trinajstić information content (AvgIpc) is 3.38. The summed E-state index contributed by atoms with van der Waals surface area (Å²) in [7, 11) is 0. The lowest BCUT2D eigenvalue weighted by molar-refractivity contribution is -0.274. The van der Waals surface area contributed by atoms with E-state index in [0.717, 1.165) is 30.6 Å². The molecule has 2 rings (SSSR count). The molecule has 6 nitrogen and oxygen atoms in total. The molecule has 0 aromatic heterocycles. The maximum Gasteiger partial charge on any atom is 0.463 e. The minimum absolute atomic E-state index is 0.0335. The Morgan fingerprint density at radius 3 is 2.06 bits per heavy atom. The number of unbranched alkanes of at least 4 members (excludes halogenated alkanes) is 4. The Morgan fingerprint density at radius 2 is 1.45 bits per heavy atom. The summed E-state index contributed by atoms with van der Waals surface area (Å²) in [4.78, 5) is 38.7. The molecular weight excluding hydrogens is 427 g/mol. The molecule has 0 aromatic carbocycles. The van der Waals surface area contributed by atoms with Crippen LogP contribution >= 0.6 is 0 Å². The molecular formula is C20H29F5N2O4. The van der Waals surface area contributed by atoms with Crippen LogP contribution < -0.4 is 0 Å². The lowest BCUT2D eigenvalue weighted by Crippen LogP contribution is -2.57. The van der Waals surface area contributed by atoms with Crippen molar-refractivity contribution in [2.75, 3.05) is 19.7 Å². The van der Waals surface area contributed by atoms with Crippen molar-refractivity contribution in [1.29, 1.82) is 0 Å². The maximum absolute atomic E-state index is 13.5. The molecule has 0 saturated carbocycles. The van der Waals surface area contributed by atoms with Gasteiger partial charge in [-0.2, -0.15) is 22.0 Å². The lowest BCUT2D eigenvalue weighted by atomic mass is 10.1. The van der Waals surface area contributed by atoms with Crippen molar-refractivity contribution in [3.05, 3.63) is 0 Å². The van der Waals surface area contributed by atoms with Gasteiger partial charge in [-0.3, -0.25) is 9.59 Å². The number of esters is 1. The Balaban J connectivity index is 1.99. The molecule has 0 spiro atoms. The van der Waals surface area contributed by atoms with Crippen LogP contribution in [0.5, 0.6) is 0 Å². The van der Waals surface area contributed by atoms with Crippen LogP contribution in [0.3, 0.4) is 0 Å². The van der Waals surface area contributed by atoms with Crippen LogP contribution in [0.2, 0.25) is 0 Å². The third-order valence-corrected chi connectivity index (χ3v) is 5.72. The van der Waals surface area contributed by atoms with Gasteiger partial charge in [0.05, 0.1) is 6.61 Å². The molecule has 0 aromatic rings. The number of carbonyl (C=O) groups is 3. The van der Waals surface area contributed by atoms with Gasteiger partial charge < -0.3 is 14.5 Å². The number of hydrogen-bond donors (Lipinski definition) is 0. The Kier molecular flexibility index (Phi) is 8.65. The highest BCUT2D eigenvalue weighted by Crippen LogP contribution is 2.39. The highest BCUT2D eigenvalue weighted by molar-refractivity contribution is 5.93. The molecule has 31 heavy (non-hydrogen) atoms. The predicted molar refractivity (Wildman–Crippen MR) is 100 cm³/mol. The minimum Gasteiger partial charge on any atom is -0.464 e. The standard InChI is InChI=1S/C20H29F5N2O4/c1-2-3-4-5-6-13-31-17(29)15-10-8-11-26(15)16(28)14-9-7-12-27(14)18(30)19(21,22)20(23,24)25/h14-15H,2-13H2,1H3. The van der Waals surface area contributed by atoms with Crippen LogP contribution in [0, 0.1) is 0 Å². The molecule has 2 amide bonds. The minimum atomic E-state index is -6.04. The monoisotopic (exact) mass is 456 g/mol. The van der Waals surface area contributed by atoms with E-state index in [0.29, 0.717) is 24.2 Å². The molecule has 178 valence electrons. The van der Waals surface area contributed by atoms with E-state index in [1.54, 1.807) is 0 Å². The van der Waals surface area contributed by atoms with Gasteiger partial charge in [-0.1, -0.05) is 32.6 Å². The second-order valence-corrected chi connectivity index (χ2v) is 8.00. The van der Waals surface area contributed by atoms with Gasteiger partial charge in [-0.05, 0) is 32.1 Å². The molecule has 2 heterocycles. The van der Waals surface area contributed by atoms with E-state index in [4.69, 9.17) is 4.74 Å². The second kappa shape index (κ2) is 10.6. The fraction of sp³-hybridized carbons (Fsp3) is 0.850. The largest absolute Gasteiger partial charge is 0.464 e. The summed E-state index contributed by atoms with van der Waals surface area (Å²) in [6.07, 6.45) is -0.387. The van der Waals surface area contributed by atoms with Gasteiger partial charge in [0.2, 0.25) is 5.91 Å². The SMILES string of the molecule is CCCCCCCOC(=O)C1CCCN1C(=O)C1CCCN1C(=O)C(F)(F)C(F)(F)F. The number of ether oxygens (including phenoxy) is 1. The lowest BCUT2D eigenvalue weighted by Gasteiger charge is -2.32. The first-order chi connectivity index (χ1) is 14.5. The van der Waals surface area contributed by atoms with Crippen LogP contribution in [0.25, 0.3) is 0 Å². The summed E-state index contributed by atoms with van der Waals surface area (Å²) >= 11 is 0. The quantitative estimate of drug-likeness (QED) is 0.302. The summed E-state index contributed by atoms with van der Waals surface area (Å²) in [6, 6.07) is -2.35. The molecule has 2 unspecified atom stereocenters. The van der Waals surface area contributed by atoms with E-state index < -0.39 is 42.0 Å². The first kappa shape index (κ1) is 25.3. The van der Waals surface area contributed by atoms with E-state index in [9.17, 15) is 36.3 Å². The van der Waals surface area contributed by atoms with E-state index >= 15 is 0 Å². The molecule has 2 atom stereocenters. The molecule has 2 aliphatic heterocycles. The Morgan fingerprint density at radius 1 is 0.871 bits per heavy atom. The zero-order chi connectivity index (χ0) is 23.2. The summed E-state index contributed by atoms with van der Waals surface area (Å²) in [6.45, 7) is 2.06. The Bertz CT molecular complexity index is 656. The third kappa shape index (κ3) is 5.85. The average molecular weight is 456 g/mol. The number of carbonyl (C=O) groups excluding carboxylic acids is 3. The van der Waals surface area contributed by atoms with Crippen LogP contribution in [0.15, 0.2) is 0 Å². The summed E-state index contributed by atoms with van der Waals surface area (Å²) < 4.78 is 70.1. The van der Waals surface area contributed by atoms with Crippen LogP contribution in [-0.2, 0) is 19.1 Å². The van der Waals surface area contributed by atoms with E-state index in [1.165, 1.54) is 0 Å². The molecule has 2 fully saturated rings. The maximum atomic E-state index is 13.5. The highest BCUT2D eigenvalue weighted by Gasteiger charge is 2.65. The second-order valence-electron chi connectivity index (χ2n) is 8.00. The zero-order valence-electron chi connectivity index (χ0n) is 17.6. The Labute approximate surface area is 178 Å². The molecule has 2 aliphatic rings. The third-order valence-electron chi connectivity index (χ3n) is 5.72. The number of rotatable bonds is 9. The highest BCUT2D eigenvalue weighted by atomic mass is 19.4. The smallest absolute Gasteiger partial charge is 0.463 e. The van der Waals surface area contributed by atoms with Crippen LogP contribution in [0.1, 0.15) is 64.7 Å². The first-order valence-corrected chi connectivity index (χ1v) is 10.7. The van der Waals surface area contributed by atoms with Crippen molar-refractivity contribution in [2.24, 2.45) is 0 Å². The van der Waals surface area contributed by atoms with Crippen molar-refractivity contribution in [3.63, 3.8) is 0 Å². The van der Waals surface area contributed by atoms with Gasteiger partial charge in [-0.25, -0.2) is 4.79 Å². The van der Waals surface area contributed by atoms with Gasteiger partial charge >= 0.3 is 24.0 Å². The number of likely N-dealkylation sites (tertiary alicyclic amines) is 2. The van der Waals surface area contributed by atoms with Crippen molar-refractivity contribution < 1.29 is 41.1 Å². The fourth-order valence-electron chi connectivity index (χ4n) is 4.01. The van der Waals surface area contributed by atoms with Gasteiger partial charge in [0, 0.05) is 13.1 Å². The topological polar surface area (TPSA) is 66.9 Å². The fourth-order valence-corrected chi connectivity index (χ4v) is 4.01. The molecule has 0 bridgehead atoms. The molecule has 0 N–H and O–H groups in total. The van der Waals surface area contributed by atoms with Crippen molar-refractivity contribution in [1.82, 2.24) is 9.80 Å². The van der Waals surface area contributed by atoms with Crippen LogP contribution in [0.4, 0.5) is 22.0 Å². The molecule has 11 heteroatoms. The summed E-state index contributed by atoms with van der Waals surface area (Å²) in [5, 5.41) is 0. The van der Waals surface area contributed by atoms with Crippen LogP contribution in [-0.4, -0.2) is 71.5 Å². The van der Waals surface area contributed by atoms with Crippen molar-refractivity contribution >= 4 is 17.8 Å². The van der Waals surface area contributed by atoms with Gasteiger partial charge in [0.25, 0.3) is 0 Å². The number of hydrogen-bond acceptors (Lipinski definition) is 4. The van der Waals surface area contributed by atoms with Crippen molar-refractivity contribution in [2.45, 2.75) is 88.9 Å². The predicted octanol–water partition coefficient (Wildman–Crippen LogP) is 3.68. The van der Waals surface area contributed by atoms with E-state index in [2.05, 4.69) is 6.92 Å². The molecule has 0 radical (unpaired) electrons. The van der Waals surface area contributed by atoms with E-state index in [-0.39, 0.29) is 32.5 Å².